The van der Waals surface area contributed by atoms with E-state index < -0.39 is 0 Å². The van der Waals surface area contributed by atoms with E-state index in [9.17, 15) is 4.79 Å². The SMILES string of the molecule is CCOC(=O)CCCc1ccccc1C(C)C. The van der Waals surface area contributed by atoms with E-state index in [4.69, 9.17) is 4.74 Å². The third-order valence-electron chi connectivity index (χ3n) is 2.81. The van der Waals surface area contributed by atoms with Gasteiger partial charge < -0.3 is 4.74 Å². The summed E-state index contributed by atoms with van der Waals surface area (Å²) in [5.41, 5.74) is 2.74. The normalized spacial score (nSPS) is 10.6. The minimum atomic E-state index is -0.0884. The first-order valence-corrected chi connectivity index (χ1v) is 6.38. The molecule has 0 amide bonds. The van der Waals surface area contributed by atoms with E-state index in [1.165, 1.54) is 11.1 Å². The second-order valence-electron chi connectivity index (χ2n) is 4.51. The molecule has 2 heteroatoms. The zero-order valence-electron chi connectivity index (χ0n) is 11.0. The maximum atomic E-state index is 11.2. The van der Waals surface area contributed by atoms with Crippen molar-refractivity contribution in [1.82, 2.24) is 0 Å². The minimum absolute atomic E-state index is 0.0884. The van der Waals surface area contributed by atoms with Crippen molar-refractivity contribution in [3.05, 3.63) is 35.4 Å². The predicted molar refractivity (Wildman–Crippen MR) is 70.1 cm³/mol. The molecule has 0 fully saturated rings. The second-order valence-corrected chi connectivity index (χ2v) is 4.51. The molecule has 0 heterocycles. The topological polar surface area (TPSA) is 26.3 Å². The molecule has 1 rings (SSSR count). The van der Waals surface area contributed by atoms with Gasteiger partial charge in [0.15, 0.2) is 0 Å². The molecule has 0 aliphatic rings. The van der Waals surface area contributed by atoms with Crippen LogP contribution >= 0.6 is 0 Å². The summed E-state index contributed by atoms with van der Waals surface area (Å²) in [5, 5.41) is 0. The van der Waals surface area contributed by atoms with Crippen molar-refractivity contribution in [3.63, 3.8) is 0 Å². The number of ether oxygens (including phenoxy) is 1. The maximum Gasteiger partial charge on any atom is 0.305 e. The lowest BCUT2D eigenvalue weighted by Gasteiger charge is -2.12. The molecule has 0 saturated heterocycles. The van der Waals surface area contributed by atoms with Crippen LogP contribution in [0.25, 0.3) is 0 Å². The summed E-state index contributed by atoms with van der Waals surface area (Å²) >= 11 is 0. The molecule has 0 unspecified atom stereocenters. The summed E-state index contributed by atoms with van der Waals surface area (Å²) in [5.74, 6) is 0.448. The summed E-state index contributed by atoms with van der Waals surface area (Å²) < 4.78 is 4.92. The molecule has 1 aromatic rings. The number of benzene rings is 1. The standard InChI is InChI=1S/C15H22O2/c1-4-17-15(16)11-7-9-13-8-5-6-10-14(13)12(2)3/h5-6,8,10,12H,4,7,9,11H2,1-3H3. The molecule has 17 heavy (non-hydrogen) atoms. The average molecular weight is 234 g/mol. The average Bonchev–Trinajstić information content (AvgIpc) is 2.30. The number of aryl methyl sites for hydroxylation is 1. The molecule has 2 nitrogen and oxygen atoms in total. The zero-order valence-corrected chi connectivity index (χ0v) is 11.0. The Labute approximate surface area is 104 Å². The highest BCUT2D eigenvalue weighted by Gasteiger charge is 2.07. The zero-order chi connectivity index (χ0) is 12.7. The maximum absolute atomic E-state index is 11.2. The highest BCUT2D eigenvalue weighted by molar-refractivity contribution is 5.69. The smallest absolute Gasteiger partial charge is 0.305 e. The molecule has 1 aromatic carbocycles. The first kappa shape index (κ1) is 13.8. The highest BCUT2D eigenvalue weighted by atomic mass is 16.5. The van der Waals surface area contributed by atoms with Crippen LogP contribution in [-0.2, 0) is 16.0 Å². The molecular weight excluding hydrogens is 212 g/mol. The van der Waals surface area contributed by atoms with E-state index in [2.05, 4.69) is 38.1 Å². The fourth-order valence-electron chi connectivity index (χ4n) is 1.98. The summed E-state index contributed by atoms with van der Waals surface area (Å²) in [6.45, 7) is 6.71. The lowest BCUT2D eigenvalue weighted by atomic mass is 9.94. The number of esters is 1. The fourth-order valence-corrected chi connectivity index (χ4v) is 1.98. The fraction of sp³-hybridized carbons (Fsp3) is 0.533. The quantitative estimate of drug-likeness (QED) is 0.702. The van der Waals surface area contributed by atoms with Gasteiger partial charge in [0, 0.05) is 6.42 Å². The monoisotopic (exact) mass is 234 g/mol. The molecule has 0 spiro atoms. The van der Waals surface area contributed by atoms with E-state index in [1.807, 2.05) is 6.92 Å². The Kier molecular flexibility index (Phi) is 5.75. The van der Waals surface area contributed by atoms with Crippen molar-refractivity contribution >= 4 is 5.97 Å². The van der Waals surface area contributed by atoms with Crippen molar-refractivity contribution in [2.75, 3.05) is 6.61 Å². The van der Waals surface area contributed by atoms with E-state index in [0.717, 1.165) is 12.8 Å². The van der Waals surface area contributed by atoms with Gasteiger partial charge in [-0.2, -0.15) is 0 Å². The van der Waals surface area contributed by atoms with Gasteiger partial charge in [-0.15, -0.1) is 0 Å². The number of carbonyl (C=O) groups excluding carboxylic acids is 1. The summed E-state index contributed by atoms with van der Waals surface area (Å²) in [6, 6.07) is 8.46. The number of hydrogen-bond donors (Lipinski definition) is 0. The Hall–Kier alpha value is -1.31. The van der Waals surface area contributed by atoms with Crippen molar-refractivity contribution in [3.8, 4) is 0 Å². The van der Waals surface area contributed by atoms with Crippen molar-refractivity contribution < 1.29 is 9.53 Å². The Balaban J connectivity index is 2.49. The molecule has 0 atom stereocenters. The summed E-state index contributed by atoms with van der Waals surface area (Å²) in [7, 11) is 0. The molecule has 0 aliphatic carbocycles. The van der Waals surface area contributed by atoms with Crippen LogP contribution in [0.3, 0.4) is 0 Å². The predicted octanol–water partition coefficient (Wildman–Crippen LogP) is 3.70. The first-order valence-electron chi connectivity index (χ1n) is 6.38. The third-order valence-corrected chi connectivity index (χ3v) is 2.81. The molecule has 0 aliphatic heterocycles. The highest BCUT2D eigenvalue weighted by Crippen LogP contribution is 2.20. The van der Waals surface area contributed by atoms with Crippen LogP contribution in [0.15, 0.2) is 24.3 Å². The lowest BCUT2D eigenvalue weighted by Crippen LogP contribution is -2.04. The van der Waals surface area contributed by atoms with Gasteiger partial charge in [-0.1, -0.05) is 38.1 Å². The van der Waals surface area contributed by atoms with Crippen molar-refractivity contribution in [1.29, 1.82) is 0 Å². The van der Waals surface area contributed by atoms with Gasteiger partial charge in [0.25, 0.3) is 0 Å². The minimum Gasteiger partial charge on any atom is -0.466 e. The molecule has 0 radical (unpaired) electrons. The second kappa shape index (κ2) is 7.10. The van der Waals surface area contributed by atoms with Gasteiger partial charge in [0.1, 0.15) is 0 Å². The summed E-state index contributed by atoms with van der Waals surface area (Å²) in [6.07, 6.45) is 2.33. The van der Waals surface area contributed by atoms with Crippen LogP contribution < -0.4 is 0 Å². The lowest BCUT2D eigenvalue weighted by molar-refractivity contribution is -0.143. The molecule has 0 N–H and O–H groups in total. The first-order chi connectivity index (χ1) is 8.15. The van der Waals surface area contributed by atoms with E-state index in [-0.39, 0.29) is 5.97 Å². The van der Waals surface area contributed by atoms with Gasteiger partial charge in [0.05, 0.1) is 6.61 Å². The Morgan fingerprint density at radius 1 is 1.29 bits per heavy atom. The largest absolute Gasteiger partial charge is 0.466 e. The van der Waals surface area contributed by atoms with Crippen molar-refractivity contribution in [2.24, 2.45) is 0 Å². The van der Waals surface area contributed by atoms with Gasteiger partial charge >= 0.3 is 5.97 Å². The van der Waals surface area contributed by atoms with Crippen molar-refractivity contribution in [2.45, 2.75) is 46.0 Å². The Bertz CT molecular complexity index is 356. The Morgan fingerprint density at radius 2 is 2.00 bits per heavy atom. The molecule has 0 bridgehead atoms. The van der Waals surface area contributed by atoms with Crippen LogP contribution in [0.4, 0.5) is 0 Å². The van der Waals surface area contributed by atoms with Crippen LogP contribution in [0, 0.1) is 0 Å². The van der Waals surface area contributed by atoms with Gasteiger partial charge in [-0.3, -0.25) is 4.79 Å². The number of carbonyl (C=O) groups is 1. The third kappa shape index (κ3) is 4.59. The molecule has 94 valence electrons. The van der Waals surface area contributed by atoms with Gasteiger partial charge in [0.2, 0.25) is 0 Å². The van der Waals surface area contributed by atoms with E-state index >= 15 is 0 Å². The van der Waals surface area contributed by atoms with Crippen LogP contribution in [0.5, 0.6) is 0 Å². The molecule has 0 saturated carbocycles. The molecule has 0 aromatic heterocycles. The Morgan fingerprint density at radius 3 is 2.65 bits per heavy atom. The number of hydrogen-bond acceptors (Lipinski definition) is 2. The van der Waals surface area contributed by atoms with Crippen LogP contribution in [0.2, 0.25) is 0 Å². The summed E-state index contributed by atoms with van der Waals surface area (Å²) in [4.78, 5) is 11.2. The van der Waals surface area contributed by atoms with Gasteiger partial charge in [-0.05, 0) is 36.8 Å². The van der Waals surface area contributed by atoms with Crippen LogP contribution in [-0.4, -0.2) is 12.6 Å². The number of rotatable bonds is 6. The van der Waals surface area contributed by atoms with E-state index in [1.54, 1.807) is 0 Å². The van der Waals surface area contributed by atoms with Crippen LogP contribution in [0.1, 0.15) is 50.7 Å². The van der Waals surface area contributed by atoms with Gasteiger partial charge in [-0.25, -0.2) is 0 Å². The molecular formula is C15H22O2. The van der Waals surface area contributed by atoms with E-state index in [0.29, 0.717) is 18.9 Å².